The Balaban J connectivity index is 2.32. The third kappa shape index (κ3) is 2.03. The summed E-state index contributed by atoms with van der Waals surface area (Å²) in [5, 5.41) is 0. The lowest BCUT2D eigenvalue weighted by Crippen LogP contribution is -1.99. The Morgan fingerprint density at radius 1 is 0.688 bits per heavy atom. The van der Waals surface area contributed by atoms with E-state index in [1.807, 2.05) is 0 Å². The highest BCUT2D eigenvalue weighted by atomic mass is 16.1. The van der Waals surface area contributed by atoms with Gasteiger partial charge in [-0.3, -0.25) is 4.79 Å². The van der Waals surface area contributed by atoms with Crippen molar-refractivity contribution in [2.24, 2.45) is 0 Å². The van der Waals surface area contributed by atoms with Gasteiger partial charge in [0.15, 0.2) is 5.78 Å². The number of rotatable bonds is 2. The molecule has 0 amide bonds. The third-order valence-electron chi connectivity index (χ3n) is 2.29. The number of ketones is 1. The van der Waals surface area contributed by atoms with E-state index < -0.39 is 0 Å². The summed E-state index contributed by atoms with van der Waals surface area (Å²) in [6.45, 7) is 0. The second-order valence-electron chi connectivity index (χ2n) is 3.48. The molecule has 0 atom stereocenters. The first-order chi connectivity index (χ1) is 7.66. The van der Waals surface area contributed by atoms with Gasteiger partial charge in [-0.15, -0.1) is 11.4 Å². The maximum absolute atomic E-state index is 11.9. The molecule has 0 radical (unpaired) electrons. The predicted molar refractivity (Wildman–Crippen MR) is 64.3 cm³/mol. The van der Waals surface area contributed by atoms with E-state index in [1.54, 1.807) is 48.5 Å². The number of benzene rings is 2. The normalized spacial score (nSPS) is 10.0. The highest BCUT2D eigenvalue weighted by Gasteiger charge is 2.06. The van der Waals surface area contributed by atoms with Crippen LogP contribution in [0.2, 0.25) is 0 Å². The monoisotopic (exact) mass is 210 g/mol. The maximum Gasteiger partial charge on any atom is 0.193 e. The molecular formula is C13H10N2O-2. The molecule has 0 unspecified atom stereocenters. The van der Waals surface area contributed by atoms with Crippen LogP contribution < -0.4 is 0 Å². The summed E-state index contributed by atoms with van der Waals surface area (Å²) in [6.07, 6.45) is 0. The molecule has 2 aromatic carbocycles. The van der Waals surface area contributed by atoms with Crippen molar-refractivity contribution in [2.45, 2.75) is 0 Å². The molecule has 3 nitrogen and oxygen atoms in total. The van der Waals surface area contributed by atoms with Crippen molar-refractivity contribution in [3.05, 3.63) is 71.1 Å². The van der Waals surface area contributed by atoms with Gasteiger partial charge in [0.2, 0.25) is 0 Å². The van der Waals surface area contributed by atoms with E-state index in [0.29, 0.717) is 22.5 Å². The number of hydrogen-bond acceptors (Lipinski definition) is 1. The molecule has 2 aromatic rings. The van der Waals surface area contributed by atoms with Crippen molar-refractivity contribution in [1.82, 2.24) is 0 Å². The lowest BCUT2D eigenvalue weighted by atomic mass is 10.0. The first-order valence-corrected chi connectivity index (χ1v) is 4.85. The van der Waals surface area contributed by atoms with Gasteiger partial charge >= 0.3 is 0 Å². The SMILES string of the molecule is [NH-]c1ccc(C(=O)c2ccc([NH-])cc2)cc1. The van der Waals surface area contributed by atoms with Gasteiger partial charge in [0.1, 0.15) is 0 Å². The summed E-state index contributed by atoms with van der Waals surface area (Å²) in [7, 11) is 0. The van der Waals surface area contributed by atoms with E-state index in [2.05, 4.69) is 0 Å². The molecule has 2 N–H and O–H groups in total. The Hall–Kier alpha value is -2.29. The number of nitrogens with one attached hydrogen (secondary N) is 2. The Morgan fingerprint density at radius 2 is 1.00 bits per heavy atom. The minimum Gasteiger partial charge on any atom is -0.699 e. The average Bonchev–Trinajstić information content (AvgIpc) is 2.30. The molecular weight excluding hydrogens is 200 g/mol. The van der Waals surface area contributed by atoms with Crippen LogP contribution in [-0.2, 0) is 0 Å². The van der Waals surface area contributed by atoms with Crippen LogP contribution in [0.3, 0.4) is 0 Å². The Morgan fingerprint density at radius 3 is 1.31 bits per heavy atom. The van der Waals surface area contributed by atoms with Crippen LogP contribution in [0.5, 0.6) is 0 Å². The van der Waals surface area contributed by atoms with Crippen LogP contribution in [0.1, 0.15) is 15.9 Å². The lowest BCUT2D eigenvalue weighted by Gasteiger charge is -2.06. The Kier molecular flexibility index (Phi) is 2.60. The molecule has 0 saturated carbocycles. The number of hydrogen-bond donors (Lipinski definition) is 0. The van der Waals surface area contributed by atoms with Crippen molar-refractivity contribution in [3.8, 4) is 0 Å². The molecule has 0 spiro atoms. The second-order valence-corrected chi connectivity index (χ2v) is 3.48. The van der Waals surface area contributed by atoms with Crippen LogP contribution in [0, 0.1) is 0 Å². The first kappa shape index (κ1) is 10.2. The predicted octanol–water partition coefficient (Wildman–Crippen LogP) is 4.29. The van der Waals surface area contributed by atoms with Crippen molar-refractivity contribution >= 4 is 17.2 Å². The minimum atomic E-state index is -0.0833. The zero-order valence-electron chi connectivity index (χ0n) is 8.53. The number of carbonyl (C=O) groups is 1. The fourth-order valence-corrected chi connectivity index (χ4v) is 1.41. The largest absolute Gasteiger partial charge is 0.699 e. The molecule has 0 saturated heterocycles. The summed E-state index contributed by atoms with van der Waals surface area (Å²) in [4.78, 5) is 11.9. The van der Waals surface area contributed by atoms with Gasteiger partial charge in [0, 0.05) is 11.1 Å². The van der Waals surface area contributed by atoms with Gasteiger partial charge in [0.25, 0.3) is 0 Å². The van der Waals surface area contributed by atoms with Gasteiger partial charge in [0.05, 0.1) is 0 Å². The zero-order chi connectivity index (χ0) is 11.5. The van der Waals surface area contributed by atoms with Gasteiger partial charge < -0.3 is 11.5 Å². The lowest BCUT2D eigenvalue weighted by molar-refractivity contribution is 0.103. The van der Waals surface area contributed by atoms with E-state index >= 15 is 0 Å². The van der Waals surface area contributed by atoms with E-state index in [4.69, 9.17) is 11.5 Å². The highest BCUT2D eigenvalue weighted by molar-refractivity contribution is 6.09. The minimum absolute atomic E-state index is 0.0833. The fraction of sp³-hybridized carbons (Fsp3) is 0. The van der Waals surface area contributed by atoms with Crippen molar-refractivity contribution < 1.29 is 4.79 Å². The van der Waals surface area contributed by atoms with Crippen LogP contribution in [-0.4, -0.2) is 5.78 Å². The maximum atomic E-state index is 11.9. The van der Waals surface area contributed by atoms with Crippen molar-refractivity contribution in [1.29, 1.82) is 0 Å². The molecule has 0 aliphatic heterocycles. The molecule has 3 heteroatoms. The number of carbonyl (C=O) groups excluding carboxylic acids is 1. The van der Waals surface area contributed by atoms with Crippen LogP contribution in [0.25, 0.3) is 11.5 Å². The van der Waals surface area contributed by atoms with Crippen LogP contribution >= 0.6 is 0 Å². The average molecular weight is 210 g/mol. The fourth-order valence-electron chi connectivity index (χ4n) is 1.41. The molecule has 0 heterocycles. The summed E-state index contributed by atoms with van der Waals surface area (Å²) in [6, 6.07) is 12.9. The van der Waals surface area contributed by atoms with E-state index in [1.165, 1.54) is 0 Å². The molecule has 0 aliphatic carbocycles. The zero-order valence-corrected chi connectivity index (χ0v) is 8.53. The third-order valence-corrected chi connectivity index (χ3v) is 2.29. The van der Waals surface area contributed by atoms with Crippen molar-refractivity contribution in [2.75, 3.05) is 0 Å². The quantitative estimate of drug-likeness (QED) is 0.682. The van der Waals surface area contributed by atoms with E-state index in [9.17, 15) is 4.79 Å². The van der Waals surface area contributed by atoms with E-state index in [0.717, 1.165) is 0 Å². The molecule has 0 bridgehead atoms. The summed E-state index contributed by atoms with van der Waals surface area (Å²) >= 11 is 0. The van der Waals surface area contributed by atoms with Crippen molar-refractivity contribution in [3.63, 3.8) is 0 Å². The Bertz CT molecular complexity index is 453. The standard InChI is InChI=1S/C13H11N2O/c14-11-5-1-9(2-6-11)13(16)10-3-7-12(15)8-4-10/h1-8H,(H3-,14,15,16)/q-1/p-1. The van der Waals surface area contributed by atoms with Gasteiger partial charge in [-0.05, 0) is 0 Å². The summed E-state index contributed by atoms with van der Waals surface area (Å²) in [5.41, 5.74) is 16.6. The van der Waals surface area contributed by atoms with Gasteiger partial charge in [-0.1, -0.05) is 48.5 Å². The second kappa shape index (κ2) is 4.06. The molecule has 0 aliphatic rings. The highest BCUT2D eigenvalue weighted by Crippen LogP contribution is 2.17. The smallest absolute Gasteiger partial charge is 0.193 e. The molecule has 2 rings (SSSR count). The topological polar surface area (TPSA) is 64.7 Å². The molecule has 0 fully saturated rings. The molecule has 16 heavy (non-hydrogen) atoms. The van der Waals surface area contributed by atoms with Crippen LogP contribution in [0.15, 0.2) is 48.5 Å². The molecule has 80 valence electrons. The molecule has 0 aromatic heterocycles. The van der Waals surface area contributed by atoms with Crippen LogP contribution in [0.4, 0.5) is 11.4 Å². The van der Waals surface area contributed by atoms with Gasteiger partial charge in [-0.2, -0.15) is 0 Å². The van der Waals surface area contributed by atoms with E-state index in [-0.39, 0.29) is 5.78 Å². The van der Waals surface area contributed by atoms with Gasteiger partial charge in [-0.25, -0.2) is 0 Å². The first-order valence-electron chi connectivity index (χ1n) is 4.85. The summed E-state index contributed by atoms with van der Waals surface area (Å²) in [5.74, 6) is -0.0833. The summed E-state index contributed by atoms with van der Waals surface area (Å²) < 4.78 is 0. The Labute approximate surface area is 93.7 Å².